The van der Waals surface area contributed by atoms with Crippen molar-refractivity contribution < 1.29 is 4.84 Å². The molecule has 4 nitrogen and oxygen atoms in total. The van der Waals surface area contributed by atoms with Gasteiger partial charge in [-0.1, -0.05) is 0 Å². The number of rotatable bonds is 2. The van der Waals surface area contributed by atoms with Crippen molar-refractivity contribution in [3.8, 4) is 0 Å². The smallest absolute Gasteiger partial charge is 0.0820 e. The molecule has 0 aromatic heterocycles. The number of hydrogen-bond acceptors (Lipinski definition) is 4. The summed E-state index contributed by atoms with van der Waals surface area (Å²) in [6.07, 6.45) is 0. The van der Waals surface area contributed by atoms with Gasteiger partial charge in [-0.15, -0.1) is 0 Å². The molecule has 4 heteroatoms. The van der Waals surface area contributed by atoms with E-state index >= 15 is 0 Å². The zero-order chi connectivity index (χ0) is 9.99. The molecule has 0 rings (SSSR count). The Morgan fingerprint density at radius 1 is 1.08 bits per heavy atom. The van der Waals surface area contributed by atoms with Gasteiger partial charge in [0.1, 0.15) is 0 Å². The van der Waals surface area contributed by atoms with Crippen LogP contribution in [0, 0.1) is 5.21 Å². The van der Waals surface area contributed by atoms with Gasteiger partial charge >= 0.3 is 0 Å². The summed E-state index contributed by atoms with van der Waals surface area (Å²) in [4.78, 5) is 4.98. The molecule has 0 aromatic rings. The minimum absolute atomic E-state index is 0.271. The fourth-order valence-electron chi connectivity index (χ4n) is 0.545. The third kappa shape index (κ3) is 7.94. The Hall–Kier alpha value is -0.160. The second-order valence-corrected chi connectivity index (χ2v) is 4.82. The normalized spacial score (nSPS) is 14.0. The van der Waals surface area contributed by atoms with Crippen LogP contribution in [0.25, 0.3) is 0 Å². The van der Waals surface area contributed by atoms with Crippen LogP contribution in [-0.2, 0) is 4.84 Å². The van der Waals surface area contributed by atoms with Gasteiger partial charge in [0.25, 0.3) is 0 Å². The number of hydrogen-bond donors (Lipinski definition) is 1. The van der Waals surface area contributed by atoms with Gasteiger partial charge in [-0.05, 0) is 41.5 Å². The second-order valence-electron chi connectivity index (χ2n) is 4.82. The second kappa shape index (κ2) is 3.70. The van der Waals surface area contributed by atoms with Crippen molar-refractivity contribution in [2.45, 2.75) is 52.7 Å². The molecule has 0 amide bonds. The van der Waals surface area contributed by atoms with E-state index in [1.807, 2.05) is 41.5 Å². The highest BCUT2D eigenvalue weighted by atomic mass is 16.9. The average Bonchev–Trinajstić information content (AvgIpc) is 1.49. The highest BCUT2D eigenvalue weighted by Gasteiger charge is 2.15. The Balaban J connectivity index is 3.83. The zero-order valence-electron chi connectivity index (χ0n) is 8.76. The monoisotopic (exact) mass is 175 g/mol. The van der Waals surface area contributed by atoms with Gasteiger partial charge in [0.05, 0.1) is 5.60 Å². The SMILES string of the molecule is CC(C)(C)NN([O-])OC(C)(C)C. The van der Waals surface area contributed by atoms with E-state index in [0.29, 0.717) is 5.34 Å². The van der Waals surface area contributed by atoms with Gasteiger partial charge in [-0.25, -0.2) is 5.43 Å². The topological polar surface area (TPSA) is 47.6 Å². The number of hydrazine groups is 1. The summed E-state index contributed by atoms with van der Waals surface area (Å²) < 4.78 is 0. The molecule has 0 radical (unpaired) electrons. The van der Waals surface area contributed by atoms with Crippen LogP contribution in [0.15, 0.2) is 0 Å². The van der Waals surface area contributed by atoms with Crippen molar-refractivity contribution in [1.29, 1.82) is 0 Å². The van der Waals surface area contributed by atoms with E-state index in [0.717, 1.165) is 0 Å². The summed E-state index contributed by atoms with van der Waals surface area (Å²) in [5.74, 6) is 0. The Morgan fingerprint density at radius 3 is 1.75 bits per heavy atom. The van der Waals surface area contributed by atoms with Gasteiger partial charge in [-0.3, -0.25) is 4.84 Å². The Kier molecular flexibility index (Phi) is 3.65. The van der Waals surface area contributed by atoms with Gasteiger partial charge in [0.2, 0.25) is 0 Å². The predicted molar refractivity (Wildman–Crippen MR) is 48.9 cm³/mol. The fourth-order valence-corrected chi connectivity index (χ4v) is 0.545. The molecule has 0 heterocycles. The number of nitrogens with zero attached hydrogens (tertiary/aromatic N) is 1. The van der Waals surface area contributed by atoms with Crippen LogP contribution < -0.4 is 5.43 Å². The molecular weight excluding hydrogens is 156 g/mol. The largest absolute Gasteiger partial charge is 0.748 e. The summed E-state index contributed by atoms with van der Waals surface area (Å²) in [7, 11) is 0. The summed E-state index contributed by atoms with van der Waals surface area (Å²) in [5, 5.41) is 11.5. The van der Waals surface area contributed by atoms with Gasteiger partial charge in [0.15, 0.2) is 0 Å². The fraction of sp³-hybridized carbons (Fsp3) is 1.00. The quantitative estimate of drug-likeness (QED) is 0.650. The van der Waals surface area contributed by atoms with Gasteiger partial charge < -0.3 is 5.21 Å². The Labute approximate surface area is 74.4 Å². The first kappa shape index (κ1) is 11.8. The van der Waals surface area contributed by atoms with Crippen molar-refractivity contribution >= 4 is 0 Å². The summed E-state index contributed by atoms with van der Waals surface area (Å²) in [6.45, 7) is 11.1. The van der Waals surface area contributed by atoms with Crippen LogP contribution >= 0.6 is 0 Å². The van der Waals surface area contributed by atoms with E-state index in [9.17, 15) is 5.21 Å². The van der Waals surface area contributed by atoms with Crippen LogP contribution in [0.5, 0.6) is 0 Å². The maximum absolute atomic E-state index is 11.1. The molecule has 0 unspecified atom stereocenters. The molecule has 0 saturated carbocycles. The lowest BCUT2D eigenvalue weighted by molar-refractivity contribution is -0.237. The molecule has 0 bridgehead atoms. The van der Waals surface area contributed by atoms with Gasteiger partial charge in [0, 0.05) is 5.54 Å². The maximum atomic E-state index is 11.1. The van der Waals surface area contributed by atoms with E-state index < -0.39 is 5.60 Å². The molecular formula is C8H19N2O2-. The molecule has 0 aliphatic carbocycles. The molecule has 0 aliphatic rings. The van der Waals surface area contributed by atoms with E-state index in [1.165, 1.54) is 0 Å². The Bertz CT molecular complexity index is 119. The minimum Gasteiger partial charge on any atom is -0.748 e. The lowest BCUT2D eigenvalue weighted by atomic mass is 10.1. The maximum Gasteiger partial charge on any atom is 0.0820 e. The molecule has 0 saturated heterocycles. The van der Waals surface area contributed by atoms with Crippen molar-refractivity contribution in [1.82, 2.24) is 10.8 Å². The van der Waals surface area contributed by atoms with Crippen LogP contribution in [0.2, 0.25) is 0 Å². The summed E-state index contributed by atoms with van der Waals surface area (Å²) in [5.41, 5.74) is 1.90. The van der Waals surface area contributed by atoms with E-state index in [2.05, 4.69) is 5.43 Å². The first-order valence-electron chi connectivity index (χ1n) is 4.04. The third-order valence-corrected chi connectivity index (χ3v) is 0.783. The molecule has 74 valence electrons. The van der Waals surface area contributed by atoms with Crippen molar-refractivity contribution in [3.05, 3.63) is 5.21 Å². The van der Waals surface area contributed by atoms with E-state index in [4.69, 9.17) is 4.84 Å². The molecule has 1 N–H and O–H groups in total. The van der Waals surface area contributed by atoms with Crippen LogP contribution in [0.3, 0.4) is 0 Å². The highest BCUT2D eigenvalue weighted by Crippen LogP contribution is 2.09. The molecule has 0 aliphatic heterocycles. The van der Waals surface area contributed by atoms with Crippen LogP contribution in [0.1, 0.15) is 41.5 Å². The average molecular weight is 175 g/mol. The molecule has 12 heavy (non-hydrogen) atoms. The standard InChI is InChI=1S/C8H19N2O2/c1-7(2,3)9-10(11)12-8(4,5)6/h9H,1-6H3/q-1. The molecule has 0 fully saturated rings. The lowest BCUT2D eigenvalue weighted by Crippen LogP contribution is -2.48. The third-order valence-electron chi connectivity index (χ3n) is 0.783. The minimum atomic E-state index is -0.458. The summed E-state index contributed by atoms with van der Waals surface area (Å²) >= 11 is 0. The van der Waals surface area contributed by atoms with Crippen LogP contribution in [-0.4, -0.2) is 16.5 Å². The predicted octanol–water partition coefficient (Wildman–Crippen LogP) is 1.82. The first-order valence-corrected chi connectivity index (χ1v) is 4.04. The lowest BCUT2D eigenvalue weighted by Gasteiger charge is -2.39. The van der Waals surface area contributed by atoms with Crippen molar-refractivity contribution in [3.63, 3.8) is 0 Å². The van der Waals surface area contributed by atoms with E-state index in [-0.39, 0.29) is 5.54 Å². The highest BCUT2D eigenvalue weighted by molar-refractivity contribution is 4.67. The van der Waals surface area contributed by atoms with E-state index in [1.54, 1.807) is 0 Å². The molecule has 0 aromatic carbocycles. The van der Waals surface area contributed by atoms with Crippen LogP contribution in [0.4, 0.5) is 0 Å². The van der Waals surface area contributed by atoms with Crippen molar-refractivity contribution in [2.75, 3.05) is 0 Å². The zero-order valence-corrected chi connectivity index (χ0v) is 8.76. The molecule has 0 spiro atoms. The first-order chi connectivity index (χ1) is 5.10. The number of nitrogens with one attached hydrogen (secondary N) is 1. The summed E-state index contributed by atoms with van der Waals surface area (Å²) in [6, 6.07) is 0. The Morgan fingerprint density at radius 2 is 1.50 bits per heavy atom. The van der Waals surface area contributed by atoms with Crippen molar-refractivity contribution in [2.24, 2.45) is 0 Å². The van der Waals surface area contributed by atoms with Gasteiger partial charge in [-0.2, -0.15) is 5.34 Å². The molecule has 0 atom stereocenters.